The molecule has 0 aliphatic carbocycles. The maximum Gasteiger partial charge on any atom is 0.185 e. The van der Waals surface area contributed by atoms with Gasteiger partial charge < -0.3 is 9.33 Å². The highest BCUT2D eigenvalue weighted by Crippen LogP contribution is 2.40. The predicted octanol–water partition coefficient (Wildman–Crippen LogP) is 5.66. The molecule has 1 aliphatic heterocycles. The summed E-state index contributed by atoms with van der Waals surface area (Å²) in [5.74, 6) is 0. The molecule has 0 N–H and O–H groups in total. The second kappa shape index (κ2) is 8.51. The molecule has 2 aromatic rings. The molecule has 0 amide bonds. The molecule has 1 aliphatic rings. The van der Waals surface area contributed by atoms with Gasteiger partial charge in [-0.2, -0.15) is 0 Å². The van der Waals surface area contributed by atoms with Gasteiger partial charge in [-0.1, -0.05) is 67.1 Å². The molecule has 3 rings (SSSR count). The zero-order chi connectivity index (χ0) is 18.5. The van der Waals surface area contributed by atoms with Gasteiger partial charge in [0.1, 0.15) is 5.60 Å². The number of piperidine rings is 1. The minimum Gasteiger partial charge on any atom is -0.404 e. The van der Waals surface area contributed by atoms with Crippen LogP contribution in [0.15, 0.2) is 60.7 Å². The molecule has 0 aromatic heterocycles. The third-order valence-electron chi connectivity index (χ3n) is 5.19. The van der Waals surface area contributed by atoms with Crippen molar-refractivity contribution in [2.45, 2.75) is 50.9 Å². The molecule has 0 atom stereocenters. The fourth-order valence-corrected chi connectivity index (χ4v) is 5.44. The van der Waals surface area contributed by atoms with Crippen molar-refractivity contribution >= 4 is 8.32 Å². The first-order valence-corrected chi connectivity index (χ1v) is 13.4. The van der Waals surface area contributed by atoms with Gasteiger partial charge in [0.05, 0.1) is 0 Å². The van der Waals surface area contributed by atoms with Crippen LogP contribution in [0.2, 0.25) is 19.6 Å². The highest BCUT2D eigenvalue weighted by Gasteiger charge is 2.39. The molecule has 1 saturated heterocycles. The average Bonchev–Trinajstić information content (AvgIpc) is 2.66. The Morgan fingerprint density at radius 1 is 0.808 bits per heavy atom. The third kappa shape index (κ3) is 4.85. The maximum atomic E-state index is 7.00. The summed E-state index contributed by atoms with van der Waals surface area (Å²) in [6, 6.07) is 21.7. The van der Waals surface area contributed by atoms with Gasteiger partial charge in [0.25, 0.3) is 0 Å². The van der Waals surface area contributed by atoms with Crippen molar-refractivity contribution < 1.29 is 4.43 Å². The quantitative estimate of drug-likeness (QED) is 0.586. The third-order valence-corrected chi connectivity index (χ3v) is 6.15. The Balaban J connectivity index is 1.99. The summed E-state index contributed by atoms with van der Waals surface area (Å²) in [5.41, 5.74) is 2.21. The number of benzene rings is 2. The minimum atomic E-state index is -1.76. The van der Waals surface area contributed by atoms with Crippen LogP contribution in [0.5, 0.6) is 0 Å². The van der Waals surface area contributed by atoms with Gasteiger partial charge in [-0.25, -0.2) is 0 Å². The van der Waals surface area contributed by atoms with Gasteiger partial charge in [0.2, 0.25) is 0 Å². The Bertz CT molecular complexity index is 620. The van der Waals surface area contributed by atoms with Gasteiger partial charge in [-0.3, -0.25) is 0 Å². The van der Waals surface area contributed by atoms with E-state index in [1.165, 1.54) is 43.5 Å². The lowest BCUT2D eigenvalue weighted by Gasteiger charge is -2.42. The van der Waals surface area contributed by atoms with Crippen molar-refractivity contribution in [2.24, 2.45) is 0 Å². The lowest BCUT2D eigenvalue weighted by molar-refractivity contribution is 0.0725. The molecule has 0 saturated carbocycles. The van der Waals surface area contributed by atoms with E-state index >= 15 is 0 Å². The summed E-state index contributed by atoms with van der Waals surface area (Å²) in [6.07, 6.45) is 5.05. The van der Waals surface area contributed by atoms with Gasteiger partial charge in [-0.05, 0) is 63.1 Å². The smallest absolute Gasteiger partial charge is 0.185 e. The van der Waals surface area contributed by atoms with E-state index in [-0.39, 0.29) is 5.60 Å². The van der Waals surface area contributed by atoms with Crippen molar-refractivity contribution in [1.82, 2.24) is 4.90 Å². The van der Waals surface area contributed by atoms with Crippen LogP contribution in [0, 0.1) is 0 Å². The van der Waals surface area contributed by atoms with Crippen LogP contribution in [0.1, 0.15) is 36.8 Å². The molecule has 3 heteroatoms. The molecule has 0 radical (unpaired) electrons. The van der Waals surface area contributed by atoms with E-state index in [0.29, 0.717) is 0 Å². The monoisotopic (exact) mass is 367 g/mol. The van der Waals surface area contributed by atoms with Crippen LogP contribution in [0.3, 0.4) is 0 Å². The van der Waals surface area contributed by atoms with Crippen molar-refractivity contribution in [3.8, 4) is 0 Å². The fourth-order valence-electron chi connectivity index (χ4n) is 4.06. The van der Waals surface area contributed by atoms with Crippen molar-refractivity contribution in [3.63, 3.8) is 0 Å². The second-order valence-electron chi connectivity index (χ2n) is 8.43. The molecule has 1 heterocycles. The highest BCUT2D eigenvalue weighted by molar-refractivity contribution is 6.69. The number of likely N-dealkylation sites (tertiary alicyclic amines) is 1. The Morgan fingerprint density at radius 3 is 1.77 bits per heavy atom. The Kier molecular flexibility index (Phi) is 6.33. The lowest BCUT2D eigenvalue weighted by Crippen LogP contribution is -2.44. The van der Waals surface area contributed by atoms with Gasteiger partial charge in [0, 0.05) is 6.54 Å². The Labute approximate surface area is 160 Å². The van der Waals surface area contributed by atoms with E-state index in [4.69, 9.17) is 4.43 Å². The first-order valence-electron chi connectivity index (χ1n) is 10.0. The van der Waals surface area contributed by atoms with Crippen LogP contribution in [-0.2, 0) is 10.0 Å². The van der Waals surface area contributed by atoms with Crippen LogP contribution >= 0.6 is 0 Å². The van der Waals surface area contributed by atoms with Crippen LogP contribution in [0.4, 0.5) is 0 Å². The zero-order valence-electron chi connectivity index (χ0n) is 16.6. The summed E-state index contributed by atoms with van der Waals surface area (Å²) in [7, 11) is -1.76. The fraction of sp³-hybridized carbons (Fsp3) is 0.478. The van der Waals surface area contributed by atoms with Crippen molar-refractivity contribution in [3.05, 3.63) is 71.8 Å². The average molecular weight is 368 g/mol. The summed E-state index contributed by atoms with van der Waals surface area (Å²) in [4.78, 5) is 2.62. The zero-order valence-corrected chi connectivity index (χ0v) is 17.6. The van der Waals surface area contributed by atoms with E-state index in [2.05, 4.69) is 85.2 Å². The summed E-state index contributed by atoms with van der Waals surface area (Å²) < 4.78 is 7.00. The maximum absolute atomic E-state index is 7.00. The molecule has 26 heavy (non-hydrogen) atoms. The first kappa shape index (κ1) is 19.3. The summed E-state index contributed by atoms with van der Waals surface area (Å²) >= 11 is 0. The molecule has 2 nitrogen and oxygen atoms in total. The van der Waals surface area contributed by atoms with E-state index < -0.39 is 8.32 Å². The predicted molar refractivity (Wildman–Crippen MR) is 113 cm³/mol. The van der Waals surface area contributed by atoms with Gasteiger partial charge in [-0.15, -0.1) is 0 Å². The largest absolute Gasteiger partial charge is 0.404 e. The molecule has 0 bridgehead atoms. The normalized spacial score (nSPS) is 16.6. The Hall–Kier alpha value is -1.42. The van der Waals surface area contributed by atoms with E-state index in [9.17, 15) is 0 Å². The van der Waals surface area contributed by atoms with Crippen molar-refractivity contribution in [1.29, 1.82) is 0 Å². The first-order chi connectivity index (χ1) is 12.5. The number of rotatable bonds is 7. The minimum absolute atomic E-state index is 0.357. The van der Waals surface area contributed by atoms with Crippen LogP contribution in [-0.4, -0.2) is 32.9 Å². The van der Waals surface area contributed by atoms with E-state index in [1.54, 1.807) is 0 Å². The van der Waals surface area contributed by atoms with Crippen molar-refractivity contribution in [2.75, 3.05) is 19.6 Å². The molecule has 0 spiro atoms. The van der Waals surface area contributed by atoms with Gasteiger partial charge in [0.15, 0.2) is 8.32 Å². The molecule has 0 unspecified atom stereocenters. The second-order valence-corrected chi connectivity index (χ2v) is 12.9. The SMILES string of the molecule is C[Si](C)(C)OC(CCN1CCCCC1)(c1ccccc1)c1ccccc1. The summed E-state index contributed by atoms with van der Waals surface area (Å²) in [6.45, 7) is 10.4. The number of hydrogen-bond acceptors (Lipinski definition) is 2. The highest BCUT2D eigenvalue weighted by atomic mass is 28.4. The standard InChI is InChI=1S/C23H33NOSi/c1-26(2,3)25-23(21-13-7-4-8-14-21,22-15-9-5-10-16-22)17-20-24-18-11-6-12-19-24/h4-5,7-10,13-16H,6,11-12,17-20H2,1-3H3. The van der Waals surface area contributed by atoms with E-state index in [0.717, 1.165) is 13.0 Å². The molecule has 2 aromatic carbocycles. The lowest BCUT2D eigenvalue weighted by atomic mass is 9.83. The Morgan fingerprint density at radius 2 is 1.31 bits per heavy atom. The van der Waals surface area contributed by atoms with Crippen LogP contribution < -0.4 is 0 Å². The van der Waals surface area contributed by atoms with Crippen LogP contribution in [0.25, 0.3) is 0 Å². The molecule has 1 fully saturated rings. The van der Waals surface area contributed by atoms with E-state index in [1.807, 2.05) is 0 Å². The molecular weight excluding hydrogens is 334 g/mol. The summed E-state index contributed by atoms with van der Waals surface area (Å²) in [5, 5.41) is 0. The van der Waals surface area contributed by atoms with Gasteiger partial charge >= 0.3 is 0 Å². The molecular formula is C23H33NOSi. The number of nitrogens with zero attached hydrogens (tertiary/aromatic N) is 1. The number of hydrogen-bond donors (Lipinski definition) is 0. The topological polar surface area (TPSA) is 12.5 Å². The molecule has 140 valence electrons.